The van der Waals surface area contributed by atoms with E-state index in [2.05, 4.69) is 15.9 Å². The zero-order valence-corrected chi connectivity index (χ0v) is 7.52. The quantitative estimate of drug-likeness (QED) is 0.651. The molecule has 0 heterocycles. The lowest BCUT2D eigenvalue weighted by atomic mass is 9.85. The van der Waals surface area contributed by atoms with E-state index < -0.39 is 0 Å². The molecule has 0 bridgehead atoms. The van der Waals surface area contributed by atoms with Crippen LogP contribution < -0.4 is 0 Å². The zero-order chi connectivity index (χ0) is 7.84. The third-order valence-corrected chi connectivity index (χ3v) is 2.91. The van der Waals surface area contributed by atoms with Gasteiger partial charge >= 0.3 is 0 Å². The first-order valence-corrected chi connectivity index (χ1v) is 4.37. The van der Waals surface area contributed by atoms with Crippen LogP contribution in [0.1, 0.15) is 21.5 Å². The van der Waals surface area contributed by atoms with Crippen molar-refractivity contribution in [2.45, 2.75) is 12.8 Å². The molecule has 0 saturated carbocycles. The van der Waals surface area contributed by atoms with Crippen molar-refractivity contribution in [3.8, 4) is 0 Å². The maximum Gasteiger partial charge on any atom is 0.150 e. The molecule has 0 spiro atoms. The fraction of sp³-hybridized carbons (Fsp3) is 0.222. The number of carbonyl (C=O) groups excluding carboxylic acids is 1. The minimum atomic E-state index is 0.856. The SMILES string of the molecule is O=Cc1ccc(Br)c2c1CC2. The predicted molar refractivity (Wildman–Crippen MR) is 46.9 cm³/mol. The Morgan fingerprint density at radius 1 is 1.27 bits per heavy atom. The molecule has 1 aromatic carbocycles. The number of hydrogen-bond donors (Lipinski definition) is 0. The molecule has 2 heteroatoms. The molecule has 0 fully saturated rings. The third-order valence-electron chi connectivity index (χ3n) is 2.16. The van der Waals surface area contributed by atoms with E-state index in [4.69, 9.17) is 0 Å². The van der Waals surface area contributed by atoms with Crippen molar-refractivity contribution in [2.24, 2.45) is 0 Å². The fourth-order valence-corrected chi connectivity index (χ4v) is 2.00. The number of benzene rings is 1. The summed E-state index contributed by atoms with van der Waals surface area (Å²) in [5, 5.41) is 0. The standard InChI is InChI=1S/C9H7BrO/c10-9-4-1-6(5-11)7-2-3-8(7)9/h1,4-5H,2-3H2. The van der Waals surface area contributed by atoms with Gasteiger partial charge < -0.3 is 0 Å². The molecule has 0 aromatic heterocycles. The second-order valence-electron chi connectivity index (χ2n) is 2.71. The summed E-state index contributed by atoms with van der Waals surface area (Å²) in [4.78, 5) is 10.5. The highest BCUT2D eigenvalue weighted by atomic mass is 79.9. The smallest absolute Gasteiger partial charge is 0.150 e. The highest BCUT2D eigenvalue weighted by molar-refractivity contribution is 9.10. The lowest BCUT2D eigenvalue weighted by molar-refractivity contribution is 0.112. The molecule has 0 N–H and O–H groups in total. The monoisotopic (exact) mass is 210 g/mol. The van der Waals surface area contributed by atoms with Crippen molar-refractivity contribution in [3.63, 3.8) is 0 Å². The Hall–Kier alpha value is -0.630. The third kappa shape index (κ3) is 0.932. The number of fused-ring (bicyclic) bond motifs is 1. The summed E-state index contributed by atoms with van der Waals surface area (Å²) in [5.41, 5.74) is 3.40. The van der Waals surface area contributed by atoms with Crippen LogP contribution in [-0.2, 0) is 12.8 Å². The molecule has 0 saturated heterocycles. The van der Waals surface area contributed by atoms with Gasteiger partial charge in [0, 0.05) is 10.0 Å². The summed E-state index contributed by atoms with van der Waals surface area (Å²) in [5.74, 6) is 0. The van der Waals surface area contributed by atoms with Crippen LogP contribution >= 0.6 is 15.9 Å². The van der Waals surface area contributed by atoms with Crippen LogP contribution in [0.4, 0.5) is 0 Å². The highest BCUT2D eigenvalue weighted by Gasteiger charge is 2.18. The molecular weight excluding hydrogens is 204 g/mol. The number of halogens is 1. The van der Waals surface area contributed by atoms with Gasteiger partial charge in [0.2, 0.25) is 0 Å². The van der Waals surface area contributed by atoms with Gasteiger partial charge in [-0.15, -0.1) is 0 Å². The van der Waals surface area contributed by atoms with Crippen molar-refractivity contribution in [1.29, 1.82) is 0 Å². The predicted octanol–water partition coefficient (Wildman–Crippen LogP) is 2.36. The van der Waals surface area contributed by atoms with E-state index in [0.29, 0.717) is 0 Å². The number of rotatable bonds is 1. The van der Waals surface area contributed by atoms with Crippen LogP contribution in [0.2, 0.25) is 0 Å². The molecule has 0 unspecified atom stereocenters. The first-order chi connectivity index (χ1) is 5.33. The maximum absolute atomic E-state index is 10.5. The average Bonchev–Trinajstić information content (AvgIpc) is 1.93. The van der Waals surface area contributed by atoms with Gasteiger partial charge in [-0.1, -0.05) is 22.0 Å². The minimum absolute atomic E-state index is 0.856. The van der Waals surface area contributed by atoms with Crippen molar-refractivity contribution in [3.05, 3.63) is 33.3 Å². The summed E-state index contributed by atoms with van der Waals surface area (Å²) in [6.07, 6.45) is 3.10. The van der Waals surface area contributed by atoms with E-state index in [1.54, 1.807) is 0 Å². The molecule has 2 rings (SSSR count). The normalized spacial score (nSPS) is 13.5. The zero-order valence-electron chi connectivity index (χ0n) is 5.93. The van der Waals surface area contributed by atoms with Gasteiger partial charge in [-0.2, -0.15) is 0 Å². The molecule has 0 amide bonds. The van der Waals surface area contributed by atoms with E-state index in [1.807, 2.05) is 12.1 Å². The number of aldehydes is 1. The maximum atomic E-state index is 10.5. The second kappa shape index (κ2) is 2.45. The average molecular weight is 211 g/mol. The Morgan fingerprint density at radius 2 is 2.00 bits per heavy atom. The topological polar surface area (TPSA) is 17.1 Å². The Labute approximate surface area is 73.5 Å². The molecule has 1 aromatic rings. The van der Waals surface area contributed by atoms with E-state index in [9.17, 15) is 4.79 Å². The van der Waals surface area contributed by atoms with Crippen molar-refractivity contribution < 1.29 is 4.79 Å². The lowest BCUT2D eigenvalue weighted by Gasteiger charge is -2.21. The first-order valence-electron chi connectivity index (χ1n) is 3.58. The Bertz CT molecular complexity index is 318. The molecule has 0 aliphatic heterocycles. The summed E-state index contributed by atoms with van der Waals surface area (Å²) in [7, 11) is 0. The van der Waals surface area contributed by atoms with Gasteiger partial charge in [-0.25, -0.2) is 0 Å². The van der Waals surface area contributed by atoms with Gasteiger partial charge in [0.05, 0.1) is 0 Å². The molecular formula is C9H7BrO. The van der Waals surface area contributed by atoms with Crippen molar-refractivity contribution >= 4 is 22.2 Å². The van der Waals surface area contributed by atoms with Gasteiger partial charge in [-0.3, -0.25) is 4.79 Å². The second-order valence-corrected chi connectivity index (χ2v) is 3.57. The molecule has 0 radical (unpaired) electrons. The van der Waals surface area contributed by atoms with Crippen LogP contribution in [0, 0.1) is 0 Å². The number of hydrogen-bond acceptors (Lipinski definition) is 1. The molecule has 56 valence electrons. The van der Waals surface area contributed by atoms with Crippen LogP contribution in [0.15, 0.2) is 16.6 Å². The van der Waals surface area contributed by atoms with Crippen LogP contribution in [0.25, 0.3) is 0 Å². The van der Waals surface area contributed by atoms with E-state index >= 15 is 0 Å². The van der Waals surface area contributed by atoms with Gasteiger partial charge in [0.1, 0.15) is 6.29 Å². The van der Waals surface area contributed by atoms with Crippen LogP contribution in [0.5, 0.6) is 0 Å². The summed E-state index contributed by atoms with van der Waals surface area (Å²) in [6, 6.07) is 3.82. The summed E-state index contributed by atoms with van der Waals surface area (Å²) in [6.45, 7) is 0. The number of carbonyl (C=O) groups is 1. The fourth-order valence-electron chi connectivity index (χ4n) is 1.43. The largest absolute Gasteiger partial charge is 0.298 e. The van der Waals surface area contributed by atoms with Gasteiger partial charge in [-0.05, 0) is 30.0 Å². The molecule has 1 aliphatic rings. The van der Waals surface area contributed by atoms with Crippen molar-refractivity contribution in [1.82, 2.24) is 0 Å². The Kier molecular flexibility index (Phi) is 1.57. The molecule has 1 nitrogen and oxygen atoms in total. The summed E-state index contributed by atoms with van der Waals surface area (Å²) < 4.78 is 1.14. The molecule has 11 heavy (non-hydrogen) atoms. The summed E-state index contributed by atoms with van der Waals surface area (Å²) >= 11 is 3.44. The van der Waals surface area contributed by atoms with Crippen LogP contribution in [0.3, 0.4) is 0 Å². The highest BCUT2D eigenvalue weighted by Crippen LogP contribution is 2.32. The Balaban J connectivity index is 2.64. The van der Waals surface area contributed by atoms with E-state index in [0.717, 1.165) is 29.2 Å². The Morgan fingerprint density at radius 3 is 2.55 bits per heavy atom. The first kappa shape index (κ1) is 7.04. The molecule has 1 aliphatic carbocycles. The van der Waals surface area contributed by atoms with Crippen LogP contribution in [-0.4, -0.2) is 6.29 Å². The van der Waals surface area contributed by atoms with Gasteiger partial charge in [0.15, 0.2) is 0 Å². The van der Waals surface area contributed by atoms with Crippen molar-refractivity contribution in [2.75, 3.05) is 0 Å². The van der Waals surface area contributed by atoms with E-state index in [1.165, 1.54) is 11.1 Å². The van der Waals surface area contributed by atoms with E-state index in [-0.39, 0.29) is 0 Å². The van der Waals surface area contributed by atoms with Gasteiger partial charge in [0.25, 0.3) is 0 Å². The lowest BCUT2D eigenvalue weighted by Crippen LogP contribution is -2.12. The molecule has 0 atom stereocenters. The minimum Gasteiger partial charge on any atom is -0.298 e.